The molecular formula is C20H21Cl2N3S. The molecule has 3 rings (SSSR count). The zero-order valence-electron chi connectivity index (χ0n) is 14.7. The molecule has 3 nitrogen and oxygen atoms in total. The zero-order chi connectivity index (χ0) is 17.6. The lowest BCUT2D eigenvalue weighted by Crippen LogP contribution is -2.14. The second-order valence-corrected chi connectivity index (χ2v) is 7.17. The van der Waals surface area contributed by atoms with Crippen LogP contribution in [-0.4, -0.2) is 29.8 Å². The van der Waals surface area contributed by atoms with Gasteiger partial charge in [0.1, 0.15) is 0 Å². The van der Waals surface area contributed by atoms with Crippen LogP contribution in [-0.2, 0) is 6.42 Å². The largest absolute Gasteiger partial charge is 0.366 e. The van der Waals surface area contributed by atoms with E-state index in [1.54, 1.807) is 11.3 Å². The van der Waals surface area contributed by atoms with E-state index < -0.39 is 0 Å². The molecule has 0 aliphatic carbocycles. The summed E-state index contributed by atoms with van der Waals surface area (Å²) in [5.41, 5.74) is 4.29. The van der Waals surface area contributed by atoms with E-state index in [2.05, 4.69) is 29.4 Å². The number of hydrogen-bond donors (Lipinski definition) is 0. The molecule has 0 amide bonds. The van der Waals surface area contributed by atoms with Gasteiger partial charge >= 0.3 is 0 Å². The molecule has 0 N–H and O–H groups in total. The third-order valence-electron chi connectivity index (χ3n) is 3.89. The summed E-state index contributed by atoms with van der Waals surface area (Å²) in [5, 5.41) is 3.94. The fraction of sp³-hybridized carbons (Fsp3) is 0.200. The molecule has 0 saturated heterocycles. The second-order valence-electron chi connectivity index (χ2n) is 5.79. The van der Waals surface area contributed by atoms with Crippen molar-refractivity contribution in [2.24, 2.45) is 4.99 Å². The van der Waals surface area contributed by atoms with Crippen LogP contribution in [0.5, 0.6) is 0 Å². The van der Waals surface area contributed by atoms with Crippen LogP contribution in [0.2, 0.25) is 5.02 Å². The van der Waals surface area contributed by atoms with Gasteiger partial charge in [-0.15, -0.1) is 23.7 Å². The van der Waals surface area contributed by atoms with Gasteiger partial charge in [-0.1, -0.05) is 35.9 Å². The van der Waals surface area contributed by atoms with Crippen molar-refractivity contribution in [3.63, 3.8) is 0 Å². The van der Waals surface area contributed by atoms with Crippen LogP contribution >= 0.6 is 35.3 Å². The van der Waals surface area contributed by atoms with Crippen molar-refractivity contribution in [1.29, 1.82) is 0 Å². The van der Waals surface area contributed by atoms with Gasteiger partial charge < -0.3 is 4.90 Å². The Hall–Kier alpha value is -1.88. The fourth-order valence-corrected chi connectivity index (χ4v) is 3.23. The Morgan fingerprint density at radius 1 is 1.12 bits per heavy atom. The maximum atomic E-state index is 5.94. The number of nitrogens with zero attached hydrogens (tertiary/aromatic N) is 3. The van der Waals surface area contributed by atoms with E-state index >= 15 is 0 Å². The van der Waals surface area contributed by atoms with E-state index in [0.717, 1.165) is 39.9 Å². The fourth-order valence-electron chi connectivity index (χ4n) is 2.27. The molecule has 3 aromatic rings. The van der Waals surface area contributed by atoms with Gasteiger partial charge in [-0.05, 0) is 36.8 Å². The maximum Gasteiger partial charge on any atom is 0.0976 e. The zero-order valence-corrected chi connectivity index (χ0v) is 17.1. The first-order valence-electron chi connectivity index (χ1n) is 8.18. The Balaban J connectivity index is 0.00000243. The smallest absolute Gasteiger partial charge is 0.0976 e. The van der Waals surface area contributed by atoms with Crippen LogP contribution in [0.3, 0.4) is 0 Å². The van der Waals surface area contributed by atoms with Crippen molar-refractivity contribution < 1.29 is 0 Å². The summed E-state index contributed by atoms with van der Waals surface area (Å²) in [6.07, 6.45) is 2.69. The molecule has 2 aromatic carbocycles. The summed E-state index contributed by atoms with van der Waals surface area (Å²) in [6.45, 7) is 3.04. The minimum Gasteiger partial charge on any atom is -0.366 e. The van der Waals surface area contributed by atoms with E-state index in [1.165, 1.54) is 5.56 Å². The molecule has 0 saturated carbocycles. The lowest BCUT2D eigenvalue weighted by molar-refractivity contribution is 0.552. The van der Waals surface area contributed by atoms with Crippen molar-refractivity contribution in [2.75, 3.05) is 13.6 Å². The highest BCUT2D eigenvalue weighted by molar-refractivity contribution is 7.10. The number of rotatable bonds is 6. The topological polar surface area (TPSA) is 28.5 Å². The number of thiazole rings is 1. The number of aliphatic imine (C=N–C) groups is 1. The van der Waals surface area contributed by atoms with Crippen molar-refractivity contribution in [3.8, 4) is 11.3 Å². The first-order valence-corrected chi connectivity index (χ1v) is 9.43. The van der Waals surface area contributed by atoms with Crippen molar-refractivity contribution in [3.05, 3.63) is 69.5 Å². The summed E-state index contributed by atoms with van der Waals surface area (Å²) in [7, 11) is 2.01. The van der Waals surface area contributed by atoms with Crippen LogP contribution in [0.4, 0.5) is 5.69 Å². The van der Waals surface area contributed by atoms with E-state index in [-0.39, 0.29) is 12.4 Å². The van der Waals surface area contributed by atoms with Gasteiger partial charge in [-0.2, -0.15) is 0 Å². The Bertz CT molecular complexity index is 842. The molecule has 1 aromatic heterocycles. The quantitative estimate of drug-likeness (QED) is 0.366. The summed E-state index contributed by atoms with van der Waals surface area (Å²) >= 11 is 7.63. The monoisotopic (exact) mass is 405 g/mol. The molecule has 136 valence electrons. The average Bonchev–Trinajstić information content (AvgIpc) is 3.10. The standard InChI is InChI=1S/C20H20ClN3S.ClH/c1-3-24(2)14-22-18-10-4-15(5-11-18)12-20-23-19(13-25-20)16-6-8-17(21)9-7-16;/h4-11,13-14H,3,12H2,1-2H3;1H. The molecule has 0 fully saturated rings. The molecule has 0 radical (unpaired) electrons. The first-order chi connectivity index (χ1) is 12.1. The van der Waals surface area contributed by atoms with Gasteiger partial charge in [0.2, 0.25) is 0 Å². The molecule has 0 unspecified atom stereocenters. The Labute approximate surface area is 169 Å². The van der Waals surface area contributed by atoms with Crippen LogP contribution in [0.25, 0.3) is 11.3 Å². The van der Waals surface area contributed by atoms with Gasteiger partial charge in [0.05, 0.1) is 22.7 Å². The number of aromatic nitrogens is 1. The molecule has 0 aliphatic heterocycles. The molecule has 0 atom stereocenters. The van der Waals surface area contributed by atoms with E-state index in [4.69, 9.17) is 16.6 Å². The van der Waals surface area contributed by atoms with E-state index in [0.29, 0.717) is 0 Å². The third kappa shape index (κ3) is 5.56. The molecular weight excluding hydrogens is 385 g/mol. The van der Waals surface area contributed by atoms with Crippen molar-refractivity contribution in [2.45, 2.75) is 13.3 Å². The maximum absolute atomic E-state index is 5.94. The molecule has 0 spiro atoms. The lowest BCUT2D eigenvalue weighted by atomic mass is 10.1. The molecule has 0 aliphatic rings. The van der Waals surface area contributed by atoms with E-state index in [9.17, 15) is 0 Å². The van der Waals surface area contributed by atoms with Crippen LogP contribution in [0, 0.1) is 0 Å². The Kier molecular flexibility index (Phi) is 7.64. The van der Waals surface area contributed by atoms with Crippen LogP contribution < -0.4 is 0 Å². The molecule has 1 heterocycles. The Morgan fingerprint density at radius 2 is 1.81 bits per heavy atom. The van der Waals surface area contributed by atoms with Crippen molar-refractivity contribution in [1.82, 2.24) is 9.88 Å². The molecule has 6 heteroatoms. The van der Waals surface area contributed by atoms with Gasteiger partial charge in [0.15, 0.2) is 0 Å². The van der Waals surface area contributed by atoms with Gasteiger partial charge in [0.25, 0.3) is 0 Å². The van der Waals surface area contributed by atoms with Gasteiger partial charge in [-0.25, -0.2) is 9.98 Å². The normalized spacial score (nSPS) is 10.7. The number of benzene rings is 2. The second kappa shape index (κ2) is 9.72. The summed E-state index contributed by atoms with van der Waals surface area (Å²) in [5.74, 6) is 0. The summed E-state index contributed by atoms with van der Waals surface area (Å²) in [4.78, 5) is 11.2. The predicted octanol–water partition coefficient (Wildman–Crippen LogP) is 6.09. The van der Waals surface area contributed by atoms with E-state index in [1.807, 2.05) is 54.7 Å². The Morgan fingerprint density at radius 3 is 2.46 bits per heavy atom. The van der Waals surface area contributed by atoms with Crippen LogP contribution in [0.1, 0.15) is 17.5 Å². The summed E-state index contributed by atoms with van der Waals surface area (Å²) in [6, 6.07) is 16.1. The number of halogens is 2. The molecule has 0 bridgehead atoms. The SMILES string of the molecule is CCN(C)C=Nc1ccc(Cc2nc(-c3ccc(Cl)cc3)cs2)cc1.Cl. The highest BCUT2D eigenvalue weighted by Crippen LogP contribution is 2.25. The lowest BCUT2D eigenvalue weighted by Gasteiger charge is -2.07. The third-order valence-corrected chi connectivity index (χ3v) is 4.99. The number of hydrogen-bond acceptors (Lipinski definition) is 3. The van der Waals surface area contributed by atoms with Crippen LogP contribution in [0.15, 0.2) is 58.9 Å². The van der Waals surface area contributed by atoms with Gasteiger partial charge in [0, 0.05) is 36.0 Å². The average molecular weight is 406 g/mol. The molecule has 26 heavy (non-hydrogen) atoms. The first kappa shape index (κ1) is 20.4. The minimum absolute atomic E-state index is 0. The van der Waals surface area contributed by atoms with Gasteiger partial charge in [-0.3, -0.25) is 0 Å². The summed E-state index contributed by atoms with van der Waals surface area (Å²) < 4.78 is 0. The van der Waals surface area contributed by atoms with Crippen molar-refractivity contribution >= 4 is 47.4 Å². The predicted molar refractivity (Wildman–Crippen MR) is 116 cm³/mol. The highest BCUT2D eigenvalue weighted by atomic mass is 35.5. The highest BCUT2D eigenvalue weighted by Gasteiger charge is 2.06. The minimum atomic E-state index is 0.